The summed E-state index contributed by atoms with van der Waals surface area (Å²) in [5.41, 5.74) is -0.422. The standard InChI is InChI=1S/C15H20BrFN2O3/c1-15(2,3)22-14(21)18-8-4-5-13(20)19-12-7-6-10(16)9-11(12)17/h6-7,9H,4-5,8H2,1-3H3,(H,18,21)(H,19,20). The Kier molecular flexibility index (Phi) is 6.80. The predicted molar refractivity (Wildman–Crippen MR) is 86.2 cm³/mol. The van der Waals surface area contributed by atoms with Crippen LogP contribution in [0.2, 0.25) is 0 Å². The first-order chi connectivity index (χ1) is 10.2. The summed E-state index contributed by atoms with van der Waals surface area (Å²) in [7, 11) is 0. The third kappa shape index (κ3) is 7.40. The molecule has 0 radical (unpaired) electrons. The molecule has 0 atom stereocenters. The normalized spacial score (nSPS) is 11.0. The van der Waals surface area contributed by atoms with E-state index in [-0.39, 0.29) is 18.0 Å². The Labute approximate surface area is 137 Å². The first-order valence-corrected chi connectivity index (χ1v) is 7.68. The van der Waals surface area contributed by atoms with Crippen LogP contribution < -0.4 is 10.6 Å². The van der Waals surface area contributed by atoms with E-state index in [0.717, 1.165) is 0 Å². The van der Waals surface area contributed by atoms with Crippen LogP contribution >= 0.6 is 15.9 Å². The first kappa shape index (κ1) is 18.4. The molecule has 22 heavy (non-hydrogen) atoms. The van der Waals surface area contributed by atoms with E-state index in [1.54, 1.807) is 26.8 Å². The summed E-state index contributed by atoms with van der Waals surface area (Å²) in [6, 6.07) is 4.40. The van der Waals surface area contributed by atoms with Gasteiger partial charge in [0.05, 0.1) is 5.69 Å². The van der Waals surface area contributed by atoms with Crippen LogP contribution in [0.4, 0.5) is 14.9 Å². The molecule has 122 valence electrons. The molecule has 0 aliphatic rings. The van der Waals surface area contributed by atoms with Crippen LogP contribution in [0.5, 0.6) is 0 Å². The zero-order valence-corrected chi connectivity index (χ0v) is 14.4. The fourth-order valence-corrected chi connectivity index (χ4v) is 1.89. The number of rotatable bonds is 5. The summed E-state index contributed by atoms with van der Waals surface area (Å²) in [5.74, 6) is -0.818. The van der Waals surface area contributed by atoms with Gasteiger partial charge in [-0.05, 0) is 45.4 Å². The van der Waals surface area contributed by atoms with E-state index in [0.29, 0.717) is 17.4 Å². The van der Waals surface area contributed by atoms with Gasteiger partial charge in [-0.15, -0.1) is 0 Å². The van der Waals surface area contributed by atoms with Crippen molar-refractivity contribution in [3.63, 3.8) is 0 Å². The Morgan fingerprint density at radius 2 is 2.00 bits per heavy atom. The van der Waals surface area contributed by atoms with Gasteiger partial charge in [-0.25, -0.2) is 9.18 Å². The molecule has 0 saturated carbocycles. The smallest absolute Gasteiger partial charge is 0.407 e. The quantitative estimate of drug-likeness (QED) is 0.769. The largest absolute Gasteiger partial charge is 0.444 e. The highest BCUT2D eigenvalue weighted by molar-refractivity contribution is 9.10. The summed E-state index contributed by atoms with van der Waals surface area (Å²) in [6.07, 6.45) is 0.0843. The van der Waals surface area contributed by atoms with Crippen molar-refractivity contribution in [2.45, 2.75) is 39.2 Å². The highest BCUT2D eigenvalue weighted by Crippen LogP contribution is 2.19. The number of benzene rings is 1. The fraction of sp³-hybridized carbons (Fsp3) is 0.467. The minimum absolute atomic E-state index is 0.133. The second kappa shape index (κ2) is 8.12. The van der Waals surface area contributed by atoms with Gasteiger partial charge in [0, 0.05) is 17.4 Å². The van der Waals surface area contributed by atoms with Crippen LogP contribution in [-0.4, -0.2) is 24.1 Å². The molecular weight excluding hydrogens is 355 g/mol. The van der Waals surface area contributed by atoms with Gasteiger partial charge in [0.1, 0.15) is 11.4 Å². The molecule has 7 heteroatoms. The molecule has 1 aromatic carbocycles. The summed E-state index contributed by atoms with van der Waals surface area (Å²) in [5, 5.41) is 5.04. The van der Waals surface area contributed by atoms with Crippen molar-refractivity contribution in [2.75, 3.05) is 11.9 Å². The third-order valence-corrected chi connectivity index (χ3v) is 2.95. The molecule has 5 nitrogen and oxygen atoms in total. The molecule has 0 heterocycles. The van der Waals surface area contributed by atoms with E-state index in [2.05, 4.69) is 26.6 Å². The highest BCUT2D eigenvalue weighted by atomic mass is 79.9. The van der Waals surface area contributed by atoms with Crippen LogP contribution in [0.1, 0.15) is 33.6 Å². The van der Waals surface area contributed by atoms with Crippen LogP contribution in [-0.2, 0) is 9.53 Å². The Morgan fingerprint density at radius 1 is 1.32 bits per heavy atom. The fourth-order valence-electron chi connectivity index (χ4n) is 1.56. The Bertz CT molecular complexity index is 544. The minimum atomic E-state index is -0.555. The molecule has 1 aromatic rings. The molecule has 2 N–H and O–H groups in total. The van der Waals surface area contributed by atoms with Gasteiger partial charge in [0.15, 0.2) is 0 Å². The molecule has 0 unspecified atom stereocenters. The van der Waals surface area contributed by atoms with Crippen molar-refractivity contribution in [1.82, 2.24) is 5.32 Å². The molecule has 0 aliphatic heterocycles. The van der Waals surface area contributed by atoms with Crippen LogP contribution in [0.15, 0.2) is 22.7 Å². The minimum Gasteiger partial charge on any atom is -0.444 e. The molecule has 2 amide bonds. The average Bonchev–Trinajstić information content (AvgIpc) is 2.36. The van der Waals surface area contributed by atoms with Gasteiger partial charge < -0.3 is 15.4 Å². The van der Waals surface area contributed by atoms with Gasteiger partial charge >= 0.3 is 6.09 Å². The SMILES string of the molecule is CC(C)(C)OC(=O)NCCCC(=O)Nc1ccc(Br)cc1F. The maximum Gasteiger partial charge on any atom is 0.407 e. The number of nitrogens with one attached hydrogen (secondary N) is 2. The molecule has 0 bridgehead atoms. The van der Waals surface area contributed by atoms with E-state index >= 15 is 0 Å². The topological polar surface area (TPSA) is 67.4 Å². The number of hydrogen-bond donors (Lipinski definition) is 2. The number of carbonyl (C=O) groups excluding carboxylic acids is 2. The summed E-state index contributed by atoms with van der Waals surface area (Å²) >= 11 is 3.14. The Morgan fingerprint density at radius 3 is 2.59 bits per heavy atom. The van der Waals surface area contributed by atoms with Gasteiger partial charge in [-0.1, -0.05) is 15.9 Å². The van der Waals surface area contributed by atoms with Gasteiger partial charge in [-0.2, -0.15) is 0 Å². The van der Waals surface area contributed by atoms with Crippen LogP contribution in [0.3, 0.4) is 0 Å². The molecule has 1 rings (SSSR count). The third-order valence-electron chi connectivity index (χ3n) is 2.45. The van der Waals surface area contributed by atoms with E-state index in [1.807, 2.05) is 0 Å². The van der Waals surface area contributed by atoms with Crippen molar-refractivity contribution in [3.05, 3.63) is 28.5 Å². The maximum atomic E-state index is 13.5. The number of alkyl carbamates (subject to hydrolysis) is 1. The lowest BCUT2D eigenvalue weighted by Gasteiger charge is -2.19. The lowest BCUT2D eigenvalue weighted by Crippen LogP contribution is -2.33. The van der Waals surface area contributed by atoms with E-state index in [1.165, 1.54) is 12.1 Å². The zero-order valence-electron chi connectivity index (χ0n) is 12.8. The summed E-state index contributed by atoms with van der Waals surface area (Å²) in [4.78, 5) is 23.1. The van der Waals surface area contributed by atoms with E-state index in [9.17, 15) is 14.0 Å². The zero-order chi connectivity index (χ0) is 16.8. The molecule has 0 spiro atoms. The van der Waals surface area contributed by atoms with Crippen molar-refractivity contribution < 1.29 is 18.7 Å². The number of halogens is 2. The number of amides is 2. The predicted octanol–water partition coefficient (Wildman–Crippen LogP) is 3.83. The first-order valence-electron chi connectivity index (χ1n) is 6.89. The number of anilines is 1. The number of carbonyl (C=O) groups is 2. The molecule has 0 aromatic heterocycles. The van der Waals surface area contributed by atoms with Gasteiger partial charge in [0.2, 0.25) is 5.91 Å². The Balaban J connectivity index is 2.28. The van der Waals surface area contributed by atoms with Crippen molar-refractivity contribution in [1.29, 1.82) is 0 Å². The molecular formula is C15H20BrFN2O3. The van der Waals surface area contributed by atoms with Crippen LogP contribution in [0.25, 0.3) is 0 Å². The monoisotopic (exact) mass is 374 g/mol. The van der Waals surface area contributed by atoms with Crippen molar-refractivity contribution in [3.8, 4) is 0 Å². The summed E-state index contributed by atoms with van der Waals surface area (Å²) in [6.45, 7) is 5.62. The lowest BCUT2D eigenvalue weighted by atomic mass is 10.2. The summed E-state index contributed by atoms with van der Waals surface area (Å²) < 4.78 is 19.2. The number of hydrogen-bond acceptors (Lipinski definition) is 3. The molecule has 0 fully saturated rings. The lowest BCUT2D eigenvalue weighted by molar-refractivity contribution is -0.116. The second-order valence-electron chi connectivity index (χ2n) is 5.70. The van der Waals surface area contributed by atoms with Gasteiger partial charge in [0.25, 0.3) is 0 Å². The highest BCUT2D eigenvalue weighted by Gasteiger charge is 2.15. The number of ether oxygens (including phenoxy) is 1. The van der Waals surface area contributed by atoms with Crippen molar-refractivity contribution in [2.24, 2.45) is 0 Å². The second-order valence-corrected chi connectivity index (χ2v) is 6.62. The Hall–Kier alpha value is -1.63. The average molecular weight is 375 g/mol. The molecule has 0 aliphatic carbocycles. The van der Waals surface area contributed by atoms with E-state index < -0.39 is 17.5 Å². The van der Waals surface area contributed by atoms with Gasteiger partial charge in [-0.3, -0.25) is 4.79 Å². The van der Waals surface area contributed by atoms with Crippen molar-refractivity contribution >= 4 is 33.6 Å². The maximum absolute atomic E-state index is 13.5. The van der Waals surface area contributed by atoms with Crippen LogP contribution in [0, 0.1) is 5.82 Å². The molecule has 0 saturated heterocycles. The van der Waals surface area contributed by atoms with E-state index in [4.69, 9.17) is 4.74 Å².